The number of hydrogen-bond acceptors (Lipinski definition) is 1. The summed E-state index contributed by atoms with van der Waals surface area (Å²) in [5, 5.41) is 3.81. The predicted octanol–water partition coefficient (Wildman–Crippen LogP) is 4.98. The lowest BCUT2D eigenvalue weighted by Crippen LogP contribution is -1.89. The molecule has 0 bridgehead atoms. The molecule has 0 saturated heterocycles. The van der Waals surface area contributed by atoms with Crippen LogP contribution in [0.5, 0.6) is 0 Å². The van der Waals surface area contributed by atoms with E-state index in [1.165, 1.54) is 40.2 Å². The first-order valence-corrected chi connectivity index (χ1v) is 7.66. The number of hydrogen-bond donors (Lipinski definition) is 0. The van der Waals surface area contributed by atoms with E-state index in [0.717, 1.165) is 12.1 Å². The molecule has 104 valence electrons. The van der Waals surface area contributed by atoms with Crippen molar-refractivity contribution >= 4 is 27.3 Å². The van der Waals surface area contributed by atoms with Gasteiger partial charge in [0.1, 0.15) is 5.65 Å². The number of para-hydroxylation sites is 1. The molecule has 0 N–H and O–H groups in total. The van der Waals surface area contributed by atoms with Crippen LogP contribution in [0.3, 0.4) is 0 Å². The van der Waals surface area contributed by atoms with Crippen LogP contribution < -0.4 is 0 Å². The van der Waals surface area contributed by atoms with Gasteiger partial charge in [-0.25, -0.2) is 4.98 Å². The van der Waals surface area contributed by atoms with E-state index in [1.807, 2.05) is 0 Å². The van der Waals surface area contributed by atoms with E-state index in [2.05, 4.69) is 66.1 Å². The lowest BCUT2D eigenvalue weighted by molar-refractivity contribution is 0.781. The number of rotatable bonds is 3. The lowest BCUT2D eigenvalue weighted by Gasteiger charge is -2.07. The van der Waals surface area contributed by atoms with Gasteiger partial charge < -0.3 is 0 Å². The fourth-order valence-electron chi connectivity index (χ4n) is 3.11. The van der Waals surface area contributed by atoms with E-state index in [0.29, 0.717) is 0 Å². The Morgan fingerprint density at radius 1 is 0.905 bits per heavy atom. The van der Waals surface area contributed by atoms with Crippen molar-refractivity contribution in [2.45, 2.75) is 26.2 Å². The molecule has 4 rings (SSSR count). The van der Waals surface area contributed by atoms with Crippen molar-refractivity contribution in [3.63, 3.8) is 0 Å². The molecule has 2 heterocycles. The Hall–Kier alpha value is -2.35. The van der Waals surface area contributed by atoms with Crippen molar-refractivity contribution < 1.29 is 0 Å². The molecule has 0 aliphatic heterocycles. The second kappa shape index (κ2) is 4.88. The third kappa shape index (κ3) is 1.90. The van der Waals surface area contributed by atoms with E-state index >= 15 is 0 Å². The molecule has 2 aromatic carbocycles. The second-order valence-corrected chi connectivity index (χ2v) is 5.59. The summed E-state index contributed by atoms with van der Waals surface area (Å²) in [7, 11) is 0. The molecular formula is C19H18N2. The number of fused-ring (bicyclic) bond motifs is 6. The lowest BCUT2D eigenvalue weighted by atomic mass is 10.1. The minimum atomic E-state index is 1.06. The number of aromatic nitrogens is 2. The Balaban J connectivity index is 2.13. The zero-order chi connectivity index (χ0) is 14.2. The average molecular weight is 274 g/mol. The first-order valence-electron chi connectivity index (χ1n) is 7.66. The first kappa shape index (κ1) is 12.4. The summed E-state index contributed by atoms with van der Waals surface area (Å²) in [5.41, 5.74) is 3.51. The number of pyridine rings is 1. The van der Waals surface area contributed by atoms with Crippen molar-refractivity contribution in [1.29, 1.82) is 0 Å². The van der Waals surface area contributed by atoms with E-state index in [-0.39, 0.29) is 0 Å². The Bertz CT molecular complexity index is 861. The highest BCUT2D eigenvalue weighted by molar-refractivity contribution is 6.11. The monoisotopic (exact) mass is 274 g/mol. The summed E-state index contributed by atoms with van der Waals surface area (Å²) < 4.78 is 2.25. The Labute approximate surface area is 124 Å². The van der Waals surface area contributed by atoms with Crippen molar-refractivity contribution in [2.24, 2.45) is 0 Å². The highest BCUT2D eigenvalue weighted by Gasteiger charge is 2.10. The van der Waals surface area contributed by atoms with Gasteiger partial charge in [0.15, 0.2) is 0 Å². The molecule has 0 radical (unpaired) electrons. The third-order valence-corrected chi connectivity index (χ3v) is 4.16. The molecule has 0 amide bonds. The topological polar surface area (TPSA) is 17.3 Å². The van der Waals surface area contributed by atoms with Gasteiger partial charge in [-0.1, -0.05) is 55.8 Å². The van der Waals surface area contributed by atoms with Gasteiger partial charge in [-0.2, -0.15) is 0 Å². The van der Waals surface area contributed by atoms with Crippen LogP contribution in [0.15, 0.2) is 54.7 Å². The SMILES string of the molecule is CCCCc1cn2c3ccccc3c3ccccc3c2n1. The number of benzene rings is 2. The van der Waals surface area contributed by atoms with Crippen LogP contribution in [-0.4, -0.2) is 9.38 Å². The summed E-state index contributed by atoms with van der Waals surface area (Å²) >= 11 is 0. The van der Waals surface area contributed by atoms with E-state index in [9.17, 15) is 0 Å². The first-order chi connectivity index (χ1) is 10.4. The van der Waals surface area contributed by atoms with Crippen LogP contribution in [0, 0.1) is 0 Å². The smallest absolute Gasteiger partial charge is 0.145 e. The van der Waals surface area contributed by atoms with Crippen molar-refractivity contribution in [2.75, 3.05) is 0 Å². The van der Waals surface area contributed by atoms with E-state index < -0.39 is 0 Å². The van der Waals surface area contributed by atoms with Gasteiger partial charge in [0.05, 0.1) is 11.2 Å². The third-order valence-electron chi connectivity index (χ3n) is 4.16. The number of unbranched alkanes of at least 4 members (excludes halogenated alkanes) is 1. The number of nitrogens with zero attached hydrogens (tertiary/aromatic N) is 2. The maximum Gasteiger partial charge on any atom is 0.145 e. The summed E-state index contributed by atoms with van der Waals surface area (Å²) in [4.78, 5) is 4.89. The number of imidazole rings is 1. The zero-order valence-electron chi connectivity index (χ0n) is 12.2. The van der Waals surface area contributed by atoms with Gasteiger partial charge in [0, 0.05) is 17.0 Å². The van der Waals surface area contributed by atoms with E-state index in [1.54, 1.807) is 0 Å². The molecule has 0 aliphatic carbocycles. The van der Waals surface area contributed by atoms with Crippen LogP contribution in [0.2, 0.25) is 0 Å². The number of aryl methyl sites for hydroxylation is 1. The molecular weight excluding hydrogens is 256 g/mol. The van der Waals surface area contributed by atoms with Gasteiger partial charge >= 0.3 is 0 Å². The average Bonchev–Trinajstić information content (AvgIpc) is 2.98. The van der Waals surface area contributed by atoms with Gasteiger partial charge in [0.2, 0.25) is 0 Å². The zero-order valence-corrected chi connectivity index (χ0v) is 12.2. The van der Waals surface area contributed by atoms with Gasteiger partial charge in [-0.3, -0.25) is 4.40 Å². The highest BCUT2D eigenvalue weighted by Crippen LogP contribution is 2.29. The minimum absolute atomic E-state index is 1.06. The minimum Gasteiger partial charge on any atom is -0.299 e. The fraction of sp³-hybridized carbons (Fsp3) is 0.211. The predicted molar refractivity (Wildman–Crippen MR) is 88.8 cm³/mol. The summed E-state index contributed by atoms with van der Waals surface area (Å²) in [5.74, 6) is 0. The molecule has 4 aromatic rings. The maximum atomic E-state index is 4.89. The molecule has 21 heavy (non-hydrogen) atoms. The summed E-state index contributed by atoms with van der Waals surface area (Å²) in [6.07, 6.45) is 5.66. The Morgan fingerprint density at radius 2 is 1.62 bits per heavy atom. The molecule has 2 heteroatoms. The fourth-order valence-corrected chi connectivity index (χ4v) is 3.11. The second-order valence-electron chi connectivity index (χ2n) is 5.59. The maximum absolute atomic E-state index is 4.89. The van der Waals surface area contributed by atoms with Crippen LogP contribution in [0.4, 0.5) is 0 Å². The van der Waals surface area contributed by atoms with Crippen molar-refractivity contribution in [1.82, 2.24) is 9.38 Å². The van der Waals surface area contributed by atoms with Crippen LogP contribution in [0.1, 0.15) is 25.5 Å². The normalized spacial score (nSPS) is 11.7. The van der Waals surface area contributed by atoms with Gasteiger partial charge in [-0.15, -0.1) is 0 Å². The largest absolute Gasteiger partial charge is 0.299 e. The molecule has 0 fully saturated rings. The van der Waals surface area contributed by atoms with Crippen LogP contribution in [0.25, 0.3) is 27.3 Å². The van der Waals surface area contributed by atoms with Crippen LogP contribution in [-0.2, 0) is 6.42 Å². The molecule has 0 unspecified atom stereocenters. The molecule has 0 spiro atoms. The van der Waals surface area contributed by atoms with Crippen LogP contribution >= 0.6 is 0 Å². The quantitative estimate of drug-likeness (QED) is 0.481. The van der Waals surface area contributed by atoms with Gasteiger partial charge in [0.25, 0.3) is 0 Å². The molecule has 0 saturated carbocycles. The molecule has 2 nitrogen and oxygen atoms in total. The molecule has 0 aliphatic rings. The van der Waals surface area contributed by atoms with E-state index in [4.69, 9.17) is 4.98 Å². The van der Waals surface area contributed by atoms with Crippen molar-refractivity contribution in [3.8, 4) is 0 Å². The summed E-state index contributed by atoms with van der Waals surface area (Å²) in [6, 6.07) is 17.1. The molecule has 2 aromatic heterocycles. The standard InChI is InChI=1S/C19H18N2/c1-2-3-8-14-13-21-18-12-7-6-10-16(18)15-9-4-5-11-17(15)19(21)20-14/h4-7,9-13H,2-3,8H2,1H3. The van der Waals surface area contributed by atoms with Crippen molar-refractivity contribution in [3.05, 3.63) is 60.4 Å². The highest BCUT2D eigenvalue weighted by atomic mass is 15.0. The Morgan fingerprint density at radius 3 is 2.43 bits per heavy atom. The Kier molecular flexibility index (Phi) is 2.88. The van der Waals surface area contributed by atoms with Gasteiger partial charge in [-0.05, 0) is 24.3 Å². The molecule has 0 atom stereocenters. The summed E-state index contributed by atoms with van der Waals surface area (Å²) in [6.45, 7) is 2.22.